The summed E-state index contributed by atoms with van der Waals surface area (Å²) < 4.78 is 12.1. The van der Waals surface area contributed by atoms with Crippen molar-refractivity contribution in [1.29, 1.82) is 0 Å². The number of nitrogens with one attached hydrogen (secondary N) is 2. The Hall–Kier alpha value is -0.580. The third kappa shape index (κ3) is 7.69. The van der Waals surface area contributed by atoms with Crippen molar-refractivity contribution in [2.45, 2.75) is 78.0 Å². The Morgan fingerprint density at radius 2 is 2.04 bits per heavy atom. The largest absolute Gasteiger partial charge is 0.356 e. The average Bonchev–Trinajstić information content (AvgIpc) is 2.49. The third-order valence-corrected chi connectivity index (χ3v) is 6.28. The van der Waals surface area contributed by atoms with E-state index in [0.717, 1.165) is 43.9 Å². The highest BCUT2D eigenvalue weighted by Gasteiger charge is 2.26. The predicted octanol–water partition coefficient (Wildman–Crippen LogP) is 3.30. The molecule has 0 saturated heterocycles. The summed E-state index contributed by atoms with van der Waals surface area (Å²) in [6.45, 7) is 12.1. The van der Waals surface area contributed by atoms with Gasteiger partial charge in [-0.2, -0.15) is 0 Å². The van der Waals surface area contributed by atoms with Crippen molar-refractivity contribution in [2.75, 3.05) is 19.3 Å². The Bertz CT molecular complexity index is 407. The van der Waals surface area contributed by atoms with Gasteiger partial charge in [-0.15, -0.1) is 0 Å². The van der Waals surface area contributed by atoms with Crippen LogP contribution < -0.4 is 10.6 Å². The number of rotatable bonds is 7. The zero-order valence-electron chi connectivity index (χ0n) is 15.9. The number of hydrogen-bond acceptors (Lipinski definition) is 2. The highest BCUT2D eigenvalue weighted by Crippen LogP contribution is 2.25. The van der Waals surface area contributed by atoms with Gasteiger partial charge in [-0.1, -0.05) is 41.0 Å². The van der Waals surface area contributed by atoms with Crippen LogP contribution in [0.1, 0.15) is 66.7 Å². The standard InChI is InChI=1S/C18H37N3OS/c1-7-23(22)16-10-8-9-15(11-16)21-17(19-6)20-13-18(4,5)12-14(2)3/h14-16H,7-13H2,1-6H3,(H2,19,20,21). The molecule has 5 heteroatoms. The smallest absolute Gasteiger partial charge is 0.191 e. The molecule has 0 aromatic carbocycles. The molecule has 0 aromatic rings. The van der Waals surface area contributed by atoms with Gasteiger partial charge in [0.2, 0.25) is 0 Å². The van der Waals surface area contributed by atoms with Crippen molar-refractivity contribution < 1.29 is 4.21 Å². The van der Waals surface area contributed by atoms with Gasteiger partial charge < -0.3 is 10.6 Å². The fourth-order valence-electron chi connectivity index (χ4n) is 3.64. The Kier molecular flexibility index (Phi) is 8.59. The molecular formula is C18H37N3OS. The summed E-state index contributed by atoms with van der Waals surface area (Å²) in [5.41, 5.74) is 0.255. The summed E-state index contributed by atoms with van der Waals surface area (Å²) in [6, 6.07) is 0.392. The quantitative estimate of drug-likeness (QED) is 0.551. The van der Waals surface area contributed by atoms with Gasteiger partial charge in [0.25, 0.3) is 0 Å². The molecule has 1 fully saturated rings. The van der Waals surface area contributed by atoms with Gasteiger partial charge >= 0.3 is 0 Å². The molecule has 0 heterocycles. The monoisotopic (exact) mass is 343 g/mol. The van der Waals surface area contributed by atoms with E-state index in [9.17, 15) is 4.21 Å². The maximum absolute atomic E-state index is 12.1. The van der Waals surface area contributed by atoms with E-state index in [2.05, 4.69) is 43.3 Å². The SMILES string of the molecule is CCS(=O)C1CCCC(NC(=NC)NCC(C)(C)CC(C)C)C1. The van der Waals surface area contributed by atoms with Gasteiger partial charge in [0, 0.05) is 41.4 Å². The normalized spacial score (nSPS) is 24.6. The van der Waals surface area contributed by atoms with Crippen LogP contribution in [0, 0.1) is 11.3 Å². The lowest BCUT2D eigenvalue weighted by molar-refractivity contribution is 0.285. The fourth-order valence-corrected chi connectivity index (χ4v) is 4.99. The summed E-state index contributed by atoms with van der Waals surface area (Å²) in [5, 5.41) is 7.38. The van der Waals surface area contributed by atoms with Crippen molar-refractivity contribution in [2.24, 2.45) is 16.3 Å². The third-order valence-electron chi connectivity index (χ3n) is 4.54. The van der Waals surface area contributed by atoms with Crippen LogP contribution in [0.4, 0.5) is 0 Å². The molecule has 0 aromatic heterocycles. The van der Waals surface area contributed by atoms with Gasteiger partial charge in [-0.05, 0) is 37.0 Å². The zero-order chi connectivity index (χ0) is 17.5. The van der Waals surface area contributed by atoms with Crippen LogP contribution in [-0.4, -0.2) is 40.8 Å². The van der Waals surface area contributed by atoms with Gasteiger partial charge in [0.15, 0.2) is 5.96 Å². The summed E-state index contributed by atoms with van der Waals surface area (Å²) in [6.07, 6.45) is 5.60. The van der Waals surface area contributed by atoms with Crippen LogP contribution in [0.5, 0.6) is 0 Å². The number of guanidine groups is 1. The number of nitrogens with zero attached hydrogens (tertiary/aromatic N) is 1. The van der Waals surface area contributed by atoms with Crippen LogP contribution in [0.3, 0.4) is 0 Å². The van der Waals surface area contributed by atoms with Crippen molar-refractivity contribution in [1.82, 2.24) is 10.6 Å². The lowest BCUT2D eigenvalue weighted by Gasteiger charge is -2.32. The Morgan fingerprint density at radius 3 is 2.61 bits per heavy atom. The van der Waals surface area contributed by atoms with E-state index in [1.807, 2.05) is 14.0 Å². The first-order valence-electron chi connectivity index (χ1n) is 9.11. The molecule has 3 atom stereocenters. The van der Waals surface area contributed by atoms with Crippen LogP contribution in [-0.2, 0) is 10.8 Å². The first kappa shape index (κ1) is 20.5. The number of aliphatic imine (C=N–C) groups is 1. The Balaban J connectivity index is 2.48. The topological polar surface area (TPSA) is 53.5 Å². The highest BCUT2D eigenvalue weighted by atomic mass is 32.2. The molecule has 1 saturated carbocycles. The summed E-state index contributed by atoms with van der Waals surface area (Å²) in [5.74, 6) is 2.35. The lowest BCUT2D eigenvalue weighted by Crippen LogP contribution is -2.48. The van der Waals surface area contributed by atoms with E-state index in [4.69, 9.17) is 0 Å². The lowest BCUT2D eigenvalue weighted by atomic mass is 9.84. The maximum atomic E-state index is 12.1. The molecule has 3 unspecified atom stereocenters. The molecule has 0 aliphatic heterocycles. The van der Waals surface area contributed by atoms with E-state index < -0.39 is 10.8 Å². The Labute approximate surface area is 145 Å². The molecule has 4 nitrogen and oxygen atoms in total. The van der Waals surface area contributed by atoms with Gasteiger partial charge in [0.1, 0.15) is 0 Å². The van der Waals surface area contributed by atoms with Crippen molar-refractivity contribution in [3.63, 3.8) is 0 Å². The first-order valence-corrected chi connectivity index (χ1v) is 10.5. The predicted molar refractivity (Wildman–Crippen MR) is 102 cm³/mol. The fraction of sp³-hybridized carbons (Fsp3) is 0.944. The summed E-state index contributed by atoms with van der Waals surface area (Å²) >= 11 is 0. The van der Waals surface area contributed by atoms with Crippen molar-refractivity contribution in [3.05, 3.63) is 0 Å². The maximum Gasteiger partial charge on any atom is 0.191 e. The van der Waals surface area contributed by atoms with E-state index in [0.29, 0.717) is 17.2 Å². The molecule has 0 bridgehead atoms. The van der Waals surface area contributed by atoms with Crippen LogP contribution in [0.25, 0.3) is 0 Å². The van der Waals surface area contributed by atoms with E-state index in [1.54, 1.807) is 0 Å². The number of hydrogen-bond donors (Lipinski definition) is 2. The van der Waals surface area contributed by atoms with E-state index in [1.165, 1.54) is 6.42 Å². The molecule has 1 aliphatic rings. The first-order chi connectivity index (χ1) is 10.8. The van der Waals surface area contributed by atoms with Gasteiger partial charge in [-0.3, -0.25) is 9.20 Å². The van der Waals surface area contributed by atoms with E-state index in [-0.39, 0.29) is 5.41 Å². The molecule has 136 valence electrons. The van der Waals surface area contributed by atoms with Crippen molar-refractivity contribution in [3.8, 4) is 0 Å². The molecule has 0 radical (unpaired) electrons. The highest BCUT2D eigenvalue weighted by molar-refractivity contribution is 7.85. The molecule has 1 aliphatic carbocycles. The zero-order valence-corrected chi connectivity index (χ0v) is 16.8. The van der Waals surface area contributed by atoms with Gasteiger partial charge in [-0.25, -0.2) is 0 Å². The summed E-state index contributed by atoms with van der Waals surface area (Å²) in [4.78, 5) is 4.37. The minimum Gasteiger partial charge on any atom is -0.356 e. The van der Waals surface area contributed by atoms with Crippen molar-refractivity contribution >= 4 is 16.8 Å². The Morgan fingerprint density at radius 1 is 1.35 bits per heavy atom. The minimum atomic E-state index is -0.676. The molecule has 1 rings (SSSR count). The van der Waals surface area contributed by atoms with Crippen LogP contribution in [0.15, 0.2) is 4.99 Å². The second-order valence-electron chi connectivity index (χ2n) is 7.99. The average molecular weight is 344 g/mol. The molecule has 0 amide bonds. The van der Waals surface area contributed by atoms with Gasteiger partial charge in [0.05, 0.1) is 0 Å². The second-order valence-corrected chi connectivity index (χ2v) is 9.99. The molecule has 0 spiro atoms. The van der Waals surface area contributed by atoms with Crippen LogP contribution in [0.2, 0.25) is 0 Å². The summed E-state index contributed by atoms with van der Waals surface area (Å²) in [7, 11) is 1.15. The molecule has 2 N–H and O–H groups in total. The molecular weight excluding hydrogens is 306 g/mol. The second kappa shape index (κ2) is 9.65. The van der Waals surface area contributed by atoms with Crippen LogP contribution >= 0.6 is 0 Å². The van der Waals surface area contributed by atoms with E-state index >= 15 is 0 Å². The minimum absolute atomic E-state index is 0.255. The molecule has 23 heavy (non-hydrogen) atoms.